The molecule has 0 saturated heterocycles. The highest BCUT2D eigenvalue weighted by Crippen LogP contribution is 2.37. The van der Waals surface area contributed by atoms with Gasteiger partial charge in [0.25, 0.3) is 0 Å². The molecule has 78 valence electrons. The number of pyridine rings is 1. The zero-order valence-corrected chi connectivity index (χ0v) is 7.76. The van der Waals surface area contributed by atoms with Crippen molar-refractivity contribution in [1.29, 1.82) is 0 Å². The largest absolute Gasteiger partial charge is 0.421 e. The first kappa shape index (κ1) is 11.0. The summed E-state index contributed by atoms with van der Waals surface area (Å²) in [5.74, 6) is 0. The molecule has 0 amide bonds. The Morgan fingerprint density at radius 3 is 2.21 bits per heavy atom. The number of aryl methyl sites for hydroxylation is 1. The van der Waals surface area contributed by atoms with Gasteiger partial charge in [-0.15, -0.1) is 0 Å². The molecule has 1 N–H and O–H groups in total. The zero-order chi connectivity index (χ0) is 11.0. The second kappa shape index (κ2) is 3.24. The van der Waals surface area contributed by atoms with Crippen LogP contribution in [0.5, 0.6) is 0 Å². The number of alkyl halides is 3. The van der Waals surface area contributed by atoms with E-state index >= 15 is 0 Å². The van der Waals surface area contributed by atoms with E-state index in [-0.39, 0.29) is 5.56 Å². The summed E-state index contributed by atoms with van der Waals surface area (Å²) in [6, 6.07) is 2.64. The second-order valence-corrected chi connectivity index (χ2v) is 3.26. The Hall–Kier alpha value is -1.10. The molecule has 1 aromatic rings. The molecule has 0 radical (unpaired) electrons. The third-order valence-electron chi connectivity index (χ3n) is 2.03. The number of hydrogen-bond donors (Lipinski definition) is 1. The highest BCUT2D eigenvalue weighted by atomic mass is 19.4. The lowest BCUT2D eigenvalue weighted by atomic mass is 9.97. The predicted octanol–water partition coefficient (Wildman–Crippen LogP) is 2.16. The lowest BCUT2D eigenvalue weighted by Gasteiger charge is -2.26. The fraction of sp³-hybridized carbons (Fsp3) is 0.444. The van der Waals surface area contributed by atoms with Crippen LogP contribution in [0.25, 0.3) is 0 Å². The van der Waals surface area contributed by atoms with Crippen LogP contribution in [0.2, 0.25) is 0 Å². The first-order valence-electron chi connectivity index (χ1n) is 3.97. The van der Waals surface area contributed by atoms with Gasteiger partial charge in [-0.1, -0.05) is 6.07 Å². The van der Waals surface area contributed by atoms with Crippen LogP contribution in [0.3, 0.4) is 0 Å². The van der Waals surface area contributed by atoms with E-state index < -0.39 is 11.8 Å². The Bertz CT molecular complexity index is 316. The summed E-state index contributed by atoms with van der Waals surface area (Å²) in [5.41, 5.74) is -2.49. The number of halogens is 3. The summed E-state index contributed by atoms with van der Waals surface area (Å²) in [7, 11) is 0. The van der Waals surface area contributed by atoms with E-state index in [9.17, 15) is 18.3 Å². The molecular weight excluding hydrogens is 195 g/mol. The zero-order valence-electron chi connectivity index (χ0n) is 7.76. The number of rotatable bonds is 1. The van der Waals surface area contributed by atoms with Crippen molar-refractivity contribution in [2.24, 2.45) is 0 Å². The van der Waals surface area contributed by atoms with Gasteiger partial charge in [-0.05, 0) is 19.9 Å². The minimum absolute atomic E-state index is 0.254. The summed E-state index contributed by atoms with van der Waals surface area (Å²) in [6.45, 7) is 2.37. The number of hydrogen-bond acceptors (Lipinski definition) is 2. The topological polar surface area (TPSA) is 33.1 Å². The summed E-state index contributed by atoms with van der Waals surface area (Å²) in [4.78, 5) is 3.70. The molecule has 0 aliphatic rings. The van der Waals surface area contributed by atoms with Gasteiger partial charge in [0.1, 0.15) is 0 Å². The summed E-state index contributed by atoms with van der Waals surface area (Å²) in [6.07, 6.45) is -3.66. The summed E-state index contributed by atoms with van der Waals surface area (Å²) < 4.78 is 37.0. The lowest BCUT2D eigenvalue weighted by molar-refractivity contribution is -0.259. The van der Waals surface area contributed by atoms with Gasteiger partial charge >= 0.3 is 6.18 Å². The van der Waals surface area contributed by atoms with Crippen LogP contribution in [0.15, 0.2) is 18.3 Å². The van der Waals surface area contributed by atoms with E-state index in [0.29, 0.717) is 12.6 Å². The molecule has 0 aromatic carbocycles. The van der Waals surface area contributed by atoms with Gasteiger partial charge in [-0.3, -0.25) is 4.98 Å². The lowest BCUT2D eigenvalue weighted by Crippen LogP contribution is -2.39. The molecule has 5 heteroatoms. The Balaban J connectivity index is 3.10. The third kappa shape index (κ3) is 1.87. The molecule has 0 saturated carbocycles. The molecule has 2 nitrogen and oxygen atoms in total. The monoisotopic (exact) mass is 205 g/mol. The fourth-order valence-electron chi connectivity index (χ4n) is 0.919. The van der Waals surface area contributed by atoms with Gasteiger partial charge in [0.2, 0.25) is 0 Å². The van der Waals surface area contributed by atoms with Crippen LogP contribution in [-0.2, 0) is 5.60 Å². The summed E-state index contributed by atoms with van der Waals surface area (Å²) >= 11 is 0. The van der Waals surface area contributed by atoms with E-state index in [1.165, 1.54) is 12.1 Å². The van der Waals surface area contributed by atoms with Gasteiger partial charge in [-0.25, -0.2) is 0 Å². The van der Waals surface area contributed by atoms with Gasteiger partial charge in [0.05, 0.1) is 0 Å². The third-order valence-corrected chi connectivity index (χ3v) is 2.03. The maximum absolute atomic E-state index is 12.3. The first-order chi connectivity index (χ1) is 6.25. The molecule has 0 bridgehead atoms. The Labute approximate surface area is 79.4 Å². The first-order valence-corrected chi connectivity index (χ1v) is 3.97. The Morgan fingerprint density at radius 1 is 1.29 bits per heavy atom. The molecule has 1 atom stereocenters. The van der Waals surface area contributed by atoms with Crippen LogP contribution in [-0.4, -0.2) is 16.3 Å². The van der Waals surface area contributed by atoms with Crippen molar-refractivity contribution >= 4 is 0 Å². The highest BCUT2D eigenvalue weighted by Gasteiger charge is 2.51. The standard InChI is InChI=1S/C9H10F3NO/c1-6-3-4-7(5-13-6)8(2,14)9(10,11)12/h3-5,14H,1-2H3. The van der Waals surface area contributed by atoms with E-state index in [1.807, 2.05) is 0 Å². The fourth-order valence-corrected chi connectivity index (χ4v) is 0.919. The average Bonchev–Trinajstić information content (AvgIpc) is 2.03. The highest BCUT2D eigenvalue weighted by molar-refractivity contribution is 5.21. The minimum atomic E-state index is -4.69. The molecule has 0 spiro atoms. The van der Waals surface area contributed by atoms with Crippen LogP contribution in [0.4, 0.5) is 13.2 Å². The van der Waals surface area contributed by atoms with Crippen molar-refractivity contribution in [3.8, 4) is 0 Å². The number of nitrogens with zero attached hydrogens (tertiary/aromatic N) is 1. The molecule has 0 aliphatic carbocycles. The van der Waals surface area contributed by atoms with Crippen LogP contribution < -0.4 is 0 Å². The Kier molecular flexibility index (Phi) is 2.54. The molecule has 1 heterocycles. The van der Waals surface area contributed by atoms with E-state index in [4.69, 9.17) is 0 Å². The predicted molar refractivity (Wildman–Crippen MR) is 44.6 cm³/mol. The number of aromatic nitrogens is 1. The normalized spacial score (nSPS) is 16.4. The van der Waals surface area contributed by atoms with Crippen molar-refractivity contribution in [3.63, 3.8) is 0 Å². The van der Waals surface area contributed by atoms with Gasteiger partial charge in [0.15, 0.2) is 5.60 Å². The SMILES string of the molecule is Cc1ccc(C(C)(O)C(F)(F)F)cn1. The van der Waals surface area contributed by atoms with Crippen molar-refractivity contribution < 1.29 is 18.3 Å². The van der Waals surface area contributed by atoms with Crippen LogP contribution in [0.1, 0.15) is 18.2 Å². The van der Waals surface area contributed by atoms with Gasteiger partial charge in [0, 0.05) is 17.5 Å². The van der Waals surface area contributed by atoms with Crippen molar-refractivity contribution in [1.82, 2.24) is 4.98 Å². The second-order valence-electron chi connectivity index (χ2n) is 3.26. The molecule has 14 heavy (non-hydrogen) atoms. The van der Waals surface area contributed by atoms with E-state index in [0.717, 1.165) is 6.20 Å². The maximum atomic E-state index is 12.3. The maximum Gasteiger partial charge on any atom is 0.421 e. The Morgan fingerprint density at radius 2 is 1.86 bits per heavy atom. The average molecular weight is 205 g/mol. The van der Waals surface area contributed by atoms with Gasteiger partial charge in [-0.2, -0.15) is 13.2 Å². The molecule has 0 aliphatic heterocycles. The van der Waals surface area contributed by atoms with Crippen LogP contribution >= 0.6 is 0 Å². The summed E-state index contributed by atoms with van der Waals surface area (Å²) in [5, 5.41) is 9.25. The molecule has 1 aromatic heterocycles. The van der Waals surface area contributed by atoms with Gasteiger partial charge < -0.3 is 5.11 Å². The smallest absolute Gasteiger partial charge is 0.376 e. The minimum Gasteiger partial charge on any atom is -0.376 e. The van der Waals surface area contributed by atoms with Crippen molar-refractivity contribution in [2.75, 3.05) is 0 Å². The molecule has 1 rings (SSSR count). The van der Waals surface area contributed by atoms with Crippen molar-refractivity contribution in [2.45, 2.75) is 25.6 Å². The van der Waals surface area contributed by atoms with Crippen LogP contribution in [0, 0.1) is 6.92 Å². The van der Waals surface area contributed by atoms with E-state index in [2.05, 4.69) is 4.98 Å². The molecular formula is C9H10F3NO. The van der Waals surface area contributed by atoms with Crippen molar-refractivity contribution in [3.05, 3.63) is 29.6 Å². The quantitative estimate of drug-likeness (QED) is 0.762. The van der Waals surface area contributed by atoms with E-state index in [1.54, 1.807) is 6.92 Å². The molecule has 0 fully saturated rings. The molecule has 1 unspecified atom stereocenters. The number of aliphatic hydroxyl groups is 1.